The van der Waals surface area contributed by atoms with Gasteiger partial charge in [0.1, 0.15) is 5.75 Å². The van der Waals surface area contributed by atoms with Crippen LogP contribution < -0.4 is 10.8 Å². The zero-order valence-electron chi connectivity index (χ0n) is 17.6. The smallest absolute Gasteiger partial charge is 0.414 e. The summed E-state index contributed by atoms with van der Waals surface area (Å²) in [5, 5.41) is 20.3. The minimum Gasteiger partial charge on any atom is -0.508 e. The maximum absolute atomic E-state index is 12.5. The highest BCUT2D eigenvalue weighted by atomic mass is 16.6. The quantitative estimate of drug-likeness (QED) is 0.252. The fourth-order valence-corrected chi connectivity index (χ4v) is 2.95. The first-order valence-electron chi connectivity index (χ1n) is 10.0. The van der Waals surface area contributed by atoms with Crippen LogP contribution in [0.1, 0.15) is 41.8 Å². The van der Waals surface area contributed by atoms with Crippen molar-refractivity contribution in [1.29, 1.82) is 0 Å². The minimum absolute atomic E-state index is 0.0436. The van der Waals surface area contributed by atoms with Gasteiger partial charge in [0.15, 0.2) is 6.10 Å². The second-order valence-electron chi connectivity index (χ2n) is 6.69. The van der Waals surface area contributed by atoms with Gasteiger partial charge in [0.05, 0.1) is 6.10 Å². The van der Waals surface area contributed by atoms with Crippen LogP contribution in [-0.2, 0) is 14.3 Å². The standard InChI is InChI=1S/C23H26N2O7/c1-2-31-19(10-6-7-11-20(27)25-30)21(16-12-14-18(26)15-13-16)32-23(29)24-22(28)17-8-4-3-5-9-17/h3-5,7-9,11-15,19,21,26,30H,2,6,10H2,1H3,(H,25,27)(H,24,28,29)/b11-7+/t19-,21-/m1/s1. The van der Waals surface area contributed by atoms with E-state index >= 15 is 0 Å². The topological polar surface area (TPSA) is 134 Å². The maximum atomic E-state index is 12.5. The van der Waals surface area contributed by atoms with Crippen molar-refractivity contribution in [2.24, 2.45) is 0 Å². The summed E-state index contributed by atoms with van der Waals surface area (Å²) >= 11 is 0. The molecule has 9 heteroatoms. The van der Waals surface area contributed by atoms with Gasteiger partial charge in [-0.25, -0.2) is 10.3 Å². The zero-order chi connectivity index (χ0) is 23.3. The number of amides is 3. The number of alkyl carbamates (subject to hydrolysis) is 1. The molecule has 2 rings (SSSR count). The number of phenols is 1. The van der Waals surface area contributed by atoms with Gasteiger partial charge in [-0.05, 0) is 49.6 Å². The van der Waals surface area contributed by atoms with Crippen molar-refractivity contribution in [2.75, 3.05) is 6.61 Å². The van der Waals surface area contributed by atoms with E-state index in [-0.39, 0.29) is 5.75 Å². The van der Waals surface area contributed by atoms with Gasteiger partial charge in [0, 0.05) is 18.2 Å². The molecule has 170 valence electrons. The molecule has 2 aromatic carbocycles. The fraction of sp³-hybridized carbons (Fsp3) is 0.261. The molecule has 0 aliphatic heterocycles. The predicted molar refractivity (Wildman–Crippen MR) is 115 cm³/mol. The monoisotopic (exact) mass is 442 g/mol. The molecule has 0 heterocycles. The van der Waals surface area contributed by atoms with E-state index in [9.17, 15) is 19.5 Å². The number of phenolic OH excluding ortho intramolecular Hbond substituents is 1. The summed E-state index contributed by atoms with van der Waals surface area (Å²) in [5.74, 6) is -1.23. The predicted octanol–water partition coefficient (Wildman–Crippen LogP) is 3.25. The SMILES string of the molecule is CCO[C@H](CC/C=C/C(=O)NO)[C@H](OC(=O)NC(=O)c1ccccc1)c1ccc(O)cc1. The van der Waals surface area contributed by atoms with Crippen molar-refractivity contribution in [2.45, 2.75) is 32.0 Å². The van der Waals surface area contributed by atoms with E-state index < -0.39 is 30.1 Å². The Bertz CT molecular complexity index is 914. The molecule has 2 atom stereocenters. The summed E-state index contributed by atoms with van der Waals surface area (Å²) in [6, 6.07) is 14.3. The van der Waals surface area contributed by atoms with Crippen molar-refractivity contribution in [3.63, 3.8) is 0 Å². The van der Waals surface area contributed by atoms with Gasteiger partial charge in [0.25, 0.3) is 11.8 Å². The van der Waals surface area contributed by atoms with Crippen LogP contribution in [0.25, 0.3) is 0 Å². The number of hydrogen-bond acceptors (Lipinski definition) is 7. The van der Waals surface area contributed by atoms with Crippen LogP contribution in [0.5, 0.6) is 5.75 Å². The molecule has 9 nitrogen and oxygen atoms in total. The molecule has 4 N–H and O–H groups in total. The number of hydrogen-bond donors (Lipinski definition) is 4. The van der Waals surface area contributed by atoms with Gasteiger partial charge in [-0.1, -0.05) is 36.4 Å². The lowest BCUT2D eigenvalue weighted by Crippen LogP contribution is -2.35. The molecule has 0 spiro atoms. The first-order chi connectivity index (χ1) is 15.4. The molecule has 0 radical (unpaired) electrons. The summed E-state index contributed by atoms with van der Waals surface area (Å²) in [7, 11) is 0. The third-order valence-corrected chi connectivity index (χ3v) is 4.42. The number of benzene rings is 2. The summed E-state index contributed by atoms with van der Waals surface area (Å²) in [6.45, 7) is 2.11. The molecule has 2 aromatic rings. The van der Waals surface area contributed by atoms with Gasteiger partial charge in [-0.3, -0.25) is 20.1 Å². The molecule has 0 saturated heterocycles. The molecule has 0 aliphatic carbocycles. The Morgan fingerprint density at radius 1 is 1.06 bits per heavy atom. The first kappa shape index (κ1) is 24.6. The van der Waals surface area contributed by atoms with Crippen LogP contribution in [0, 0.1) is 0 Å². The molecular formula is C23H26N2O7. The lowest BCUT2D eigenvalue weighted by Gasteiger charge is -2.27. The van der Waals surface area contributed by atoms with Crippen LogP contribution in [-0.4, -0.2) is 40.9 Å². The molecule has 0 aliphatic rings. The van der Waals surface area contributed by atoms with E-state index in [2.05, 4.69) is 5.32 Å². The van der Waals surface area contributed by atoms with Crippen LogP contribution in [0.15, 0.2) is 66.7 Å². The average Bonchev–Trinajstić information content (AvgIpc) is 2.80. The number of hydroxylamine groups is 1. The average molecular weight is 442 g/mol. The van der Waals surface area contributed by atoms with Crippen molar-refractivity contribution in [3.8, 4) is 5.75 Å². The summed E-state index contributed by atoms with van der Waals surface area (Å²) in [4.78, 5) is 35.9. The van der Waals surface area contributed by atoms with E-state index in [1.54, 1.807) is 55.5 Å². The van der Waals surface area contributed by atoms with E-state index in [1.165, 1.54) is 23.7 Å². The van der Waals surface area contributed by atoms with Gasteiger partial charge in [-0.2, -0.15) is 0 Å². The highest BCUT2D eigenvalue weighted by molar-refractivity contribution is 6.02. The summed E-state index contributed by atoms with van der Waals surface area (Å²) in [5.41, 5.74) is 2.36. The third kappa shape index (κ3) is 7.86. The van der Waals surface area contributed by atoms with E-state index in [0.717, 1.165) is 0 Å². The van der Waals surface area contributed by atoms with Crippen LogP contribution >= 0.6 is 0 Å². The van der Waals surface area contributed by atoms with Gasteiger partial charge < -0.3 is 14.6 Å². The normalized spacial score (nSPS) is 12.7. The number of nitrogens with one attached hydrogen (secondary N) is 2. The summed E-state index contributed by atoms with van der Waals surface area (Å²) < 4.78 is 11.3. The first-order valence-corrected chi connectivity index (χ1v) is 10.0. The number of rotatable bonds is 10. The molecule has 32 heavy (non-hydrogen) atoms. The van der Waals surface area contributed by atoms with Gasteiger partial charge >= 0.3 is 6.09 Å². The summed E-state index contributed by atoms with van der Waals surface area (Å²) in [6.07, 6.45) is 1.03. The molecular weight excluding hydrogens is 416 g/mol. The number of imide groups is 1. The van der Waals surface area contributed by atoms with Crippen LogP contribution in [0.2, 0.25) is 0 Å². The maximum Gasteiger partial charge on any atom is 0.414 e. The van der Waals surface area contributed by atoms with E-state index in [1.807, 2.05) is 0 Å². The minimum atomic E-state index is -0.947. The Hall–Kier alpha value is -3.69. The second-order valence-corrected chi connectivity index (χ2v) is 6.69. The van der Waals surface area contributed by atoms with Crippen LogP contribution in [0.3, 0.4) is 0 Å². The Morgan fingerprint density at radius 2 is 1.75 bits per heavy atom. The lowest BCUT2D eigenvalue weighted by molar-refractivity contribution is -0.124. The Balaban J connectivity index is 2.16. The third-order valence-electron chi connectivity index (χ3n) is 4.42. The Kier molecular flexibility index (Phi) is 9.89. The lowest BCUT2D eigenvalue weighted by atomic mass is 10.00. The number of carbonyl (C=O) groups is 3. The Labute approximate surface area is 185 Å². The highest BCUT2D eigenvalue weighted by Gasteiger charge is 2.28. The number of allylic oxidation sites excluding steroid dienone is 1. The number of carbonyl (C=O) groups excluding carboxylic acids is 3. The zero-order valence-corrected chi connectivity index (χ0v) is 17.6. The van der Waals surface area contributed by atoms with E-state index in [0.29, 0.717) is 30.6 Å². The fourth-order valence-electron chi connectivity index (χ4n) is 2.95. The van der Waals surface area contributed by atoms with E-state index in [4.69, 9.17) is 14.7 Å². The molecule has 0 saturated carbocycles. The van der Waals surface area contributed by atoms with Gasteiger partial charge in [-0.15, -0.1) is 0 Å². The van der Waals surface area contributed by atoms with Crippen LogP contribution in [0.4, 0.5) is 4.79 Å². The molecule has 0 fully saturated rings. The number of ether oxygens (including phenoxy) is 2. The largest absolute Gasteiger partial charge is 0.508 e. The number of aromatic hydroxyl groups is 1. The van der Waals surface area contributed by atoms with Gasteiger partial charge in [0.2, 0.25) is 0 Å². The van der Waals surface area contributed by atoms with Crippen molar-refractivity contribution >= 4 is 17.9 Å². The van der Waals surface area contributed by atoms with Crippen molar-refractivity contribution < 1.29 is 34.2 Å². The molecule has 0 aromatic heterocycles. The molecule has 3 amide bonds. The van der Waals surface area contributed by atoms with Crippen molar-refractivity contribution in [3.05, 3.63) is 77.9 Å². The Morgan fingerprint density at radius 3 is 2.38 bits per heavy atom. The van der Waals surface area contributed by atoms with Crippen molar-refractivity contribution in [1.82, 2.24) is 10.8 Å². The highest BCUT2D eigenvalue weighted by Crippen LogP contribution is 2.28. The second kappa shape index (κ2) is 12.9. The molecule has 0 unspecified atom stereocenters. The molecule has 0 bridgehead atoms.